The number of nitrogens with two attached hydrogens (primary N) is 1. The van der Waals surface area contributed by atoms with Gasteiger partial charge >= 0.3 is 6.09 Å². The molecule has 122 valence electrons. The summed E-state index contributed by atoms with van der Waals surface area (Å²) >= 11 is 0. The van der Waals surface area contributed by atoms with Crippen molar-refractivity contribution in [2.45, 2.75) is 45.4 Å². The molecule has 3 N–H and O–H groups in total. The van der Waals surface area contributed by atoms with Gasteiger partial charge in [-0.1, -0.05) is 24.3 Å². The van der Waals surface area contributed by atoms with E-state index in [1.54, 1.807) is 0 Å². The molecule has 1 aliphatic rings. The number of carbonyl (C=O) groups excluding carboxylic acids is 1. The number of carbonyl (C=O) groups is 1. The molecule has 5 heteroatoms. The highest BCUT2D eigenvalue weighted by atomic mass is 16.6. The van der Waals surface area contributed by atoms with Crippen LogP contribution in [0.15, 0.2) is 24.3 Å². The van der Waals surface area contributed by atoms with Gasteiger partial charge in [-0.25, -0.2) is 4.79 Å². The van der Waals surface area contributed by atoms with E-state index >= 15 is 0 Å². The van der Waals surface area contributed by atoms with Crippen molar-refractivity contribution in [1.29, 1.82) is 0 Å². The summed E-state index contributed by atoms with van der Waals surface area (Å²) in [6.45, 7) is 8.44. The van der Waals surface area contributed by atoms with Gasteiger partial charge < -0.3 is 15.8 Å². The van der Waals surface area contributed by atoms with Crippen molar-refractivity contribution in [3.8, 4) is 0 Å². The van der Waals surface area contributed by atoms with Crippen LogP contribution in [-0.4, -0.2) is 42.3 Å². The molecule has 1 heterocycles. The first-order valence-corrected chi connectivity index (χ1v) is 7.87. The fourth-order valence-electron chi connectivity index (χ4n) is 2.71. The van der Waals surface area contributed by atoms with Crippen LogP contribution in [0.25, 0.3) is 0 Å². The Morgan fingerprint density at radius 2 is 2.05 bits per heavy atom. The van der Waals surface area contributed by atoms with Crippen LogP contribution in [-0.2, 0) is 17.7 Å². The topological polar surface area (TPSA) is 67.6 Å². The zero-order valence-electron chi connectivity index (χ0n) is 13.8. The summed E-state index contributed by atoms with van der Waals surface area (Å²) in [5.41, 5.74) is 8.19. The standard InChI is InChI=1S/C17H27N3O2/c1-17(2,3)22-16(21)19-11-15(10-18)20-9-8-13-6-4-5-7-14(13)12-20/h4-7,15H,8-12,18H2,1-3H3,(H,19,21). The van der Waals surface area contributed by atoms with Crippen molar-refractivity contribution < 1.29 is 9.53 Å². The number of fused-ring (bicyclic) bond motifs is 1. The first kappa shape index (κ1) is 16.8. The predicted octanol–water partition coefficient (Wildman–Crippen LogP) is 1.90. The molecule has 0 bridgehead atoms. The molecular formula is C17H27N3O2. The Bertz CT molecular complexity index is 511. The number of nitrogens with zero attached hydrogens (tertiary/aromatic N) is 1. The van der Waals surface area contributed by atoms with Gasteiger partial charge in [0.2, 0.25) is 0 Å². The summed E-state index contributed by atoms with van der Waals surface area (Å²) < 4.78 is 5.27. The molecule has 1 unspecified atom stereocenters. The van der Waals surface area contributed by atoms with E-state index in [4.69, 9.17) is 10.5 Å². The number of rotatable bonds is 4. The Kier molecular flexibility index (Phi) is 5.42. The second kappa shape index (κ2) is 7.11. The molecular weight excluding hydrogens is 278 g/mol. The fraction of sp³-hybridized carbons (Fsp3) is 0.588. The van der Waals surface area contributed by atoms with Gasteiger partial charge in [0, 0.05) is 32.2 Å². The molecule has 1 atom stereocenters. The van der Waals surface area contributed by atoms with Crippen LogP contribution in [0.2, 0.25) is 0 Å². The molecule has 22 heavy (non-hydrogen) atoms. The number of amides is 1. The number of benzene rings is 1. The second-order valence-electron chi connectivity index (χ2n) is 6.76. The maximum absolute atomic E-state index is 11.8. The first-order chi connectivity index (χ1) is 10.4. The van der Waals surface area contributed by atoms with E-state index in [0.717, 1.165) is 19.5 Å². The van der Waals surface area contributed by atoms with E-state index in [-0.39, 0.29) is 12.1 Å². The smallest absolute Gasteiger partial charge is 0.407 e. The largest absolute Gasteiger partial charge is 0.444 e. The number of ether oxygens (including phenoxy) is 1. The average Bonchev–Trinajstić information content (AvgIpc) is 2.46. The Hall–Kier alpha value is -1.59. The minimum Gasteiger partial charge on any atom is -0.444 e. The summed E-state index contributed by atoms with van der Waals surface area (Å²) in [7, 11) is 0. The van der Waals surface area contributed by atoms with E-state index in [1.807, 2.05) is 20.8 Å². The Morgan fingerprint density at radius 1 is 1.36 bits per heavy atom. The lowest BCUT2D eigenvalue weighted by atomic mass is 9.98. The molecule has 0 radical (unpaired) electrons. The van der Waals surface area contributed by atoms with Crippen molar-refractivity contribution in [3.63, 3.8) is 0 Å². The molecule has 2 rings (SSSR count). The number of hydrogen-bond donors (Lipinski definition) is 2. The van der Waals surface area contributed by atoms with Crippen molar-refractivity contribution in [3.05, 3.63) is 35.4 Å². The van der Waals surface area contributed by atoms with Crippen molar-refractivity contribution >= 4 is 6.09 Å². The molecule has 1 aromatic rings. The molecule has 5 nitrogen and oxygen atoms in total. The van der Waals surface area contributed by atoms with Gasteiger partial charge in [-0.2, -0.15) is 0 Å². The minimum absolute atomic E-state index is 0.126. The van der Waals surface area contributed by atoms with Crippen LogP contribution in [0.3, 0.4) is 0 Å². The van der Waals surface area contributed by atoms with Gasteiger partial charge in [0.15, 0.2) is 0 Å². The molecule has 1 aliphatic heterocycles. The lowest BCUT2D eigenvalue weighted by Gasteiger charge is -2.35. The third-order valence-electron chi connectivity index (χ3n) is 3.83. The molecule has 1 aromatic carbocycles. The minimum atomic E-state index is -0.480. The van der Waals surface area contributed by atoms with E-state index in [2.05, 4.69) is 34.5 Å². The zero-order chi connectivity index (χ0) is 16.2. The average molecular weight is 305 g/mol. The molecule has 0 aliphatic carbocycles. The summed E-state index contributed by atoms with van der Waals surface area (Å²) in [6, 6.07) is 8.62. The van der Waals surface area contributed by atoms with E-state index in [0.29, 0.717) is 13.1 Å². The van der Waals surface area contributed by atoms with Crippen molar-refractivity contribution in [2.75, 3.05) is 19.6 Å². The zero-order valence-corrected chi connectivity index (χ0v) is 13.8. The molecule has 0 spiro atoms. The molecule has 0 fully saturated rings. The quantitative estimate of drug-likeness (QED) is 0.891. The van der Waals surface area contributed by atoms with E-state index in [9.17, 15) is 4.79 Å². The third kappa shape index (κ3) is 4.71. The highest BCUT2D eigenvalue weighted by Gasteiger charge is 2.23. The van der Waals surface area contributed by atoms with E-state index in [1.165, 1.54) is 11.1 Å². The number of alkyl carbamates (subject to hydrolysis) is 1. The second-order valence-corrected chi connectivity index (χ2v) is 6.76. The monoisotopic (exact) mass is 305 g/mol. The fourth-order valence-corrected chi connectivity index (χ4v) is 2.71. The summed E-state index contributed by atoms with van der Waals surface area (Å²) in [5, 5.41) is 2.83. The van der Waals surface area contributed by atoms with Crippen LogP contribution in [0.4, 0.5) is 4.79 Å². The van der Waals surface area contributed by atoms with E-state index < -0.39 is 5.60 Å². The Balaban J connectivity index is 1.89. The Labute approximate surface area is 132 Å². The van der Waals surface area contributed by atoms with Gasteiger partial charge in [0.05, 0.1) is 0 Å². The molecule has 1 amide bonds. The van der Waals surface area contributed by atoms with Gasteiger partial charge in [0.1, 0.15) is 5.60 Å². The lowest BCUT2D eigenvalue weighted by Crippen LogP contribution is -2.50. The van der Waals surface area contributed by atoms with Gasteiger partial charge in [0.25, 0.3) is 0 Å². The molecule has 0 aromatic heterocycles. The summed E-state index contributed by atoms with van der Waals surface area (Å²) in [6.07, 6.45) is 0.641. The van der Waals surface area contributed by atoms with Gasteiger partial charge in [-0.15, -0.1) is 0 Å². The van der Waals surface area contributed by atoms with Gasteiger partial charge in [-0.3, -0.25) is 4.90 Å². The highest BCUT2D eigenvalue weighted by Crippen LogP contribution is 2.19. The van der Waals surface area contributed by atoms with Crippen LogP contribution >= 0.6 is 0 Å². The maximum atomic E-state index is 11.8. The van der Waals surface area contributed by atoms with Crippen LogP contribution in [0.1, 0.15) is 31.9 Å². The number of nitrogens with one attached hydrogen (secondary N) is 1. The maximum Gasteiger partial charge on any atom is 0.407 e. The van der Waals surface area contributed by atoms with Crippen molar-refractivity contribution in [1.82, 2.24) is 10.2 Å². The SMILES string of the molecule is CC(C)(C)OC(=O)NCC(CN)N1CCc2ccccc2C1. The highest BCUT2D eigenvalue weighted by molar-refractivity contribution is 5.67. The normalized spacial score (nSPS) is 16.7. The summed E-state index contributed by atoms with van der Waals surface area (Å²) in [4.78, 5) is 14.1. The van der Waals surface area contributed by atoms with Crippen LogP contribution in [0, 0.1) is 0 Å². The van der Waals surface area contributed by atoms with Gasteiger partial charge in [-0.05, 0) is 38.3 Å². The molecule has 0 saturated carbocycles. The Morgan fingerprint density at radius 3 is 2.68 bits per heavy atom. The van der Waals surface area contributed by atoms with Crippen molar-refractivity contribution in [2.24, 2.45) is 5.73 Å². The van der Waals surface area contributed by atoms with Crippen LogP contribution < -0.4 is 11.1 Å². The first-order valence-electron chi connectivity index (χ1n) is 7.87. The predicted molar refractivity (Wildman–Crippen MR) is 87.6 cm³/mol. The lowest BCUT2D eigenvalue weighted by molar-refractivity contribution is 0.0505. The van der Waals surface area contributed by atoms with Crippen LogP contribution in [0.5, 0.6) is 0 Å². The number of hydrogen-bond acceptors (Lipinski definition) is 4. The summed E-state index contributed by atoms with van der Waals surface area (Å²) in [5.74, 6) is 0. The third-order valence-corrected chi connectivity index (χ3v) is 3.83. The molecule has 0 saturated heterocycles.